The maximum atomic E-state index is 13.2. The molecular formula is C21H22N3OS2+. The first kappa shape index (κ1) is 18.1. The second-order valence-electron chi connectivity index (χ2n) is 6.66. The molecule has 6 heteroatoms. The molecule has 3 aromatic heterocycles. The summed E-state index contributed by atoms with van der Waals surface area (Å²) in [7, 11) is 0. The molecule has 1 atom stereocenters. The fourth-order valence-electron chi connectivity index (χ4n) is 3.30. The highest BCUT2D eigenvalue weighted by Gasteiger charge is 2.35. The summed E-state index contributed by atoms with van der Waals surface area (Å²) in [6, 6.07) is 12.4. The van der Waals surface area contributed by atoms with Gasteiger partial charge in [-0.3, -0.25) is 4.79 Å². The molecule has 0 spiro atoms. The van der Waals surface area contributed by atoms with Crippen LogP contribution in [0.15, 0.2) is 58.5 Å². The Kier molecular flexibility index (Phi) is 5.18. The molecule has 0 radical (unpaired) electrons. The molecule has 0 unspecified atom stereocenters. The van der Waals surface area contributed by atoms with E-state index < -0.39 is 0 Å². The number of amides is 1. The topological polar surface area (TPSA) is 36.5 Å². The van der Waals surface area contributed by atoms with Gasteiger partial charge in [0, 0.05) is 29.9 Å². The van der Waals surface area contributed by atoms with Crippen LogP contribution >= 0.6 is 22.7 Å². The fourth-order valence-corrected chi connectivity index (χ4v) is 4.83. The average molecular weight is 397 g/mol. The molecule has 3 aromatic rings. The Morgan fingerprint density at radius 2 is 2.04 bits per heavy atom. The van der Waals surface area contributed by atoms with Crippen molar-refractivity contribution in [3.63, 3.8) is 0 Å². The lowest BCUT2D eigenvalue weighted by atomic mass is 10.1. The predicted octanol–water partition coefficient (Wildman–Crippen LogP) is 4.35. The number of rotatable bonds is 5. The molecule has 0 aliphatic carbocycles. The van der Waals surface area contributed by atoms with Crippen LogP contribution in [-0.4, -0.2) is 16.6 Å². The van der Waals surface area contributed by atoms with E-state index in [0.717, 1.165) is 29.1 Å². The molecule has 1 aliphatic heterocycles. The molecule has 4 rings (SSSR count). The summed E-state index contributed by atoms with van der Waals surface area (Å²) in [6.45, 7) is 4.47. The minimum absolute atomic E-state index is 0.00939. The number of carbonyl (C=O) groups excluding carboxylic acids is 1. The van der Waals surface area contributed by atoms with Gasteiger partial charge >= 0.3 is 5.91 Å². The van der Waals surface area contributed by atoms with Crippen LogP contribution < -0.4 is 4.57 Å². The minimum atomic E-state index is -0.00939. The van der Waals surface area contributed by atoms with Crippen molar-refractivity contribution in [1.82, 2.24) is 5.01 Å². The third-order valence-corrected chi connectivity index (χ3v) is 6.76. The lowest BCUT2D eigenvalue weighted by molar-refractivity contribution is -0.691. The standard InChI is InChI=1S/C21H22N3OS2/c1-3-16-9-8-15(2)23(13-16)14-21(25)24-18(20-7-5-11-27-20)12-17(22-24)19-6-4-10-26-19/h4-11,13,18H,3,12,14H2,1-2H3/q+1/t18-/m1/s1. The zero-order valence-corrected chi connectivity index (χ0v) is 17.1. The van der Waals surface area contributed by atoms with Crippen LogP contribution in [-0.2, 0) is 17.8 Å². The Morgan fingerprint density at radius 1 is 1.22 bits per heavy atom. The van der Waals surface area contributed by atoms with Crippen LogP contribution in [0.2, 0.25) is 0 Å². The van der Waals surface area contributed by atoms with Crippen LogP contribution in [0.3, 0.4) is 0 Å². The number of aromatic nitrogens is 1. The number of nitrogens with zero attached hydrogens (tertiary/aromatic N) is 3. The number of thiophene rings is 2. The molecule has 0 saturated heterocycles. The van der Waals surface area contributed by atoms with Gasteiger partial charge in [-0.05, 0) is 35.4 Å². The number of carbonyl (C=O) groups is 1. The molecule has 0 N–H and O–H groups in total. The number of aryl methyl sites for hydroxylation is 2. The molecule has 0 bridgehead atoms. The van der Waals surface area contributed by atoms with Gasteiger partial charge in [0.2, 0.25) is 6.54 Å². The van der Waals surface area contributed by atoms with E-state index in [2.05, 4.69) is 48.1 Å². The lowest BCUT2D eigenvalue weighted by Crippen LogP contribution is -2.45. The summed E-state index contributed by atoms with van der Waals surface area (Å²) in [6.07, 6.45) is 3.80. The molecule has 0 saturated carbocycles. The highest BCUT2D eigenvalue weighted by molar-refractivity contribution is 7.12. The van der Waals surface area contributed by atoms with Crippen LogP contribution in [0.5, 0.6) is 0 Å². The van der Waals surface area contributed by atoms with Gasteiger partial charge in [-0.2, -0.15) is 9.67 Å². The van der Waals surface area contributed by atoms with E-state index in [1.807, 2.05) is 23.6 Å². The van der Waals surface area contributed by atoms with Crippen molar-refractivity contribution in [1.29, 1.82) is 0 Å². The Bertz CT molecular complexity index is 961. The van der Waals surface area contributed by atoms with Gasteiger partial charge < -0.3 is 0 Å². The maximum absolute atomic E-state index is 13.2. The summed E-state index contributed by atoms with van der Waals surface area (Å²) in [5, 5.41) is 10.6. The summed E-state index contributed by atoms with van der Waals surface area (Å²) in [5.74, 6) is 0.0290. The predicted molar refractivity (Wildman–Crippen MR) is 110 cm³/mol. The zero-order valence-electron chi connectivity index (χ0n) is 15.5. The van der Waals surface area contributed by atoms with Crippen molar-refractivity contribution < 1.29 is 9.36 Å². The van der Waals surface area contributed by atoms with Gasteiger partial charge in [0.15, 0.2) is 11.9 Å². The van der Waals surface area contributed by atoms with E-state index in [4.69, 9.17) is 5.10 Å². The normalized spacial score (nSPS) is 16.6. The van der Waals surface area contributed by atoms with Crippen molar-refractivity contribution in [2.75, 3.05) is 0 Å². The van der Waals surface area contributed by atoms with E-state index >= 15 is 0 Å². The van der Waals surface area contributed by atoms with Gasteiger partial charge in [0.1, 0.15) is 0 Å². The van der Waals surface area contributed by atoms with Gasteiger partial charge in [0.25, 0.3) is 0 Å². The van der Waals surface area contributed by atoms with E-state index in [1.54, 1.807) is 27.7 Å². The first-order chi connectivity index (χ1) is 13.2. The van der Waals surface area contributed by atoms with E-state index in [-0.39, 0.29) is 11.9 Å². The molecule has 1 amide bonds. The van der Waals surface area contributed by atoms with E-state index in [0.29, 0.717) is 6.54 Å². The van der Waals surface area contributed by atoms with Crippen molar-refractivity contribution in [2.45, 2.75) is 39.3 Å². The second kappa shape index (κ2) is 7.74. The van der Waals surface area contributed by atoms with Gasteiger partial charge in [-0.1, -0.05) is 19.1 Å². The third kappa shape index (κ3) is 3.73. The Hall–Kier alpha value is -2.31. The Balaban J connectivity index is 1.63. The van der Waals surface area contributed by atoms with Crippen LogP contribution in [0.1, 0.15) is 40.4 Å². The minimum Gasteiger partial charge on any atom is -0.265 e. The molecule has 27 heavy (non-hydrogen) atoms. The highest BCUT2D eigenvalue weighted by Crippen LogP contribution is 2.35. The fraction of sp³-hybridized carbons (Fsp3) is 0.286. The maximum Gasteiger partial charge on any atom is 0.309 e. The van der Waals surface area contributed by atoms with Crippen molar-refractivity contribution in [3.8, 4) is 0 Å². The first-order valence-corrected chi connectivity index (χ1v) is 10.9. The molecule has 4 heterocycles. The lowest BCUT2D eigenvalue weighted by Gasteiger charge is -2.19. The number of hydrogen-bond donors (Lipinski definition) is 0. The molecular weight excluding hydrogens is 374 g/mol. The summed E-state index contributed by atoms with van der Waals surface area (Å²) >= 11 is 3.36. The molecule has 4 nitrogen and oxygen atoms in total. The van der Waals surface area contributed by atoms with E-state index in [1.165, 1.54) is 10.4 Å². The van der Waals surface area contributed by atoms with Crippen LogP contribution in [0.4, 0.5) is 0 Å². The average Bonchev–Trinajstić information content (AvgIpc) is 3.42. The zero-order chi connectivity index (χ0) is 18.8. The smallest absolute Gasteiger partial charge is 0.265 e. The van der Waals surface area contributed by atoms with Gasteiger partial charge in [0.05, 0.1) is 16.6 Å². The number of hydrogen-bond acceptors (Lipinski definition) is 4. The van der Waals surface area contributed by atoms with E-state index in [9.17, 15) is 4.79 Å². The SMILES string of the molecule is CCc1ccc(C)[n+](CC(=O)N2N=C(c3cccs3)C[C@@H]2c2cccs2)c1. The van der Waals surface area contributed by atoms with Gasteiger partial charge in [-0.15, -0.1) is 22.7 Å². The third-order valence-electron chi connectivity index (χ3n) is 4.87. The Labute approximate surface area is 167 Å². The summed E-state index contributed by atoms with van der Waals surface area (Å²) in [4.78, 5) is 15.5. The van der Waals surface area contributed by atoms with Crippen molar-refractivity contribution in [2.24, 2.45) is 5.10 Å². The largest absolute Gasteiger partial charge is 0.309 e. The van der Waals surface area contributed by atoms with Gasteiger partial charge in [-0.25, -0.2) is 5.01 Å². The Morgan fingerprint density at radius 3 is 2.74 bits per heavy atom. The van der Waals surface area contributed by atoms with Crippen LogP contribution in [0, 0.1) is 6.92 Å². The van der Waals surface area contributed by atoms with Crippen LogP contribution in [0.25, 0.3) is 0 Å². The molecule has 0 aromatic carbocycles. The highest BCUT2D eigenvalue weighted by atomic mass is 32.1. The summed E-state index contributed by atoms with van der Waals surface area (Å²) in [5.41, 5.74) is 3.31. The quantitative estimate of drug-likeness (QED) is 0.591. The monoisotopic (exact) mass is 396 g/mol. The second-order valence-corrected chi connectivity index (χ2v) is 8.58. The van der Waals surface area contributed by atoms with Crippen molar-refractivity contribution >= 4 is 34.3 Å². The number of hydrazone groups is 1. The molecule has 138 valence electrons. The molecule has 0 fully saturated rings. The first-order valence-electron chi connectivity index (χ1n) is 9.11. The summed E-state index contributed by atoms with van der Waals surface area (Å²) < 4.78 is 2.03. The number of pyridine rings is 1. The van der Waals surface area contributed by atoms with Crippen molar-refractivity contribution in [3.05, 3.63) is 74.4 Å². The molecule has 1 aliphatic rings.